The van der Waals surface area contributed by atoms with Crippen molar-refractivity contribution in [2.45, 2.75) is 23.9 Å². The van der Waals surface area contributed by atoms with Gasteiger partial charge in [-0.3, -0.25) is 4.79 Å². The molecule has 0 saturated heterocycles. The van der Waals surface area contributed by atoms with E-state index in [0.29, 0.717) is 11.7 Å². The Balaban J connectivity index is 1.94. The molecule has 0 spiro atoms. The van der Waals surface area contributed by atoms with Crippen LogP contribution in [0.4, 0.5) is 0 Å². The lowest BCUT2D eigenvalue weighted by molar-refractivity contribution is -0.140. The van der Waals surface area contributed by atoms with E-state index in [1.807, 2.05) is 66.1 Å². The molecule has 27 heavy (non-hydrogen) atoms. The minimum absolute atomic E-state index is 0.317. The van der Waals surface area contributed by atoms with E-state index in [1.165, 1.54) is 18.9 Å². The van der Waals surface area contributed by atoms with E-state index in [1.54, 1.807) is 7.11 Å². The fourth-order valence-electron chi connectivity index (χ4n) is 2.71. The molecular weight excluding hydrogens is 362 g/mol. The largest absolute Gasteiger partial charge is 0.497 e. The van der Waals surface area contributed by atoms with Gasteiger partial charge in [0.15, 0.2) is 11.0 Å². The first-order chi connectivity index (χ1) is 13.2. The van der Waals surface area contributed by atoms with Gasteiger partial charge >= 0.3 is 5.97 Å². The average molecular weight is 383 g/mol. The van der Waals surface area contributed by atoms with Crippen molar-refractivity contribution in [1.29, 1.82) is 0 Å². The van der Waals surface area contributed by atoms with Crippen LogP contribution < -0.4 is 4.74 Å². The molecule has 3 aromatic rings. The maximum atomic E-state index is 12.3. The molecule has 0 amide bonds. The van der Waals surface area contributed by atoms with Crippen molar-refractivity contribution in [2.24, 2.45) is 0 Å². The Morgan fingerprint density at radius 1 is 1.07 bits per heavy atom. The summed E-state index contributed by atoms with van der Waals surface area (Å²) in [6, 6.07) is 17.2. The number of ether oxygens (including phenoxy) is 2. The van der Waals surface area contributed by atoms with Crippen molar-refractivity contribution in [3.8, 4) is 17.1 Å². The van der Waals surface area contributed by atoms with E-state index in [4.69, 9.17) is 9.47 Å². The molecule has 0 saturated carbocycles. The van der Waals surface area contributed by atoms with E-state index in [9.17, 15) is 4.79 Å². The third-order valence-corrected chi connectivity index (χ3v) is 5.34. The zero-order valence-electron chi connectivity index (χ0n) is 15.5. The first-order valence-electron chi connectivity index (χ1n) is 8.55. The second-order valence-corrected chi connectivity index (χ2v) is 6.78. The molecule has 0 aliphatic carbocycles. The quantitative estimate of drug-likeness (QED) is 0.454. The summed E-state index contributed by atoms with van der Waals surface area (Å²) in [4.78, 5) is 12.3. The van der Waals surface area contributed by atoms with Crippen LogP contribution in [-0.4, -0.2) is 35.0 Å². The van der Waals surface area contributed by atoms with E-state index in [0.717, 1.165) is 22.7 Å². The molecule has 0 aliphatic rings. The minimum atomic E-state index is -0.505. The lowest BCUT2D eigenvalue weighted by Crippen LogP contribution is -2.12. The van der Waals surface area contributed by atoms with Crippen LogP contribution in [0.1, 0.15) is 17.7 Å². The third-order valence-electron chi connectivity index (χ3n) is 4.12. The topological polar surface area (TPSA) is 66.2 Å². The molecule has 1 atom stereocenters. The number of hydrogen-bond acceptors (Lipinski definition) is 6. The molecule has 1 heterocycles. The Morgan fingerprint density at radius 2 is 1.78 bits per heavy atom. The molecular formula is C20H21N3O3S. The summed E-state index contributed by atoms with van der Waals surface area (Å²) in [7, 11) is 3.03. The molecule has 7 heteroatoms. The summed E-state index contributed by atoms with van der Waals surface area (Å²) in [6.07, 6.45) is 0. The first-order valence-corrected chi connectivity index (χ1v) is 9.43. The molecule has 1 unspecified atom stereocenters. The second kappa shape index (κ2) is 8.73. The summed E-state index contributed by atoms with van der Waals surface area (Å²) in [5.74, 6) is 1.22. The van der Waals surface area contributed by atoms with Gasteiger partial charge in [-0.2, -0.15) is 0 Å². The molecule has 0 aliphatic heterocycles. The van der Waals surface area contributed by atoms with Gasteiger partial charge in [-0.15, -0.1) is 10.2 Å². The highest BCUT2D eigenvalue weighted by Crippen LogP contribution is 2.36. The molecule has 0 N–H and O–H groups in total. The van der Waals surface area contributed by atoms with Crippen molar-refractivity contribution < 1.29 is 14.3 Å². The number of esters is 1. The monoisotopic (exact) mass is 383 g/mol. The van der Waals surface area contributed by atoms with Gasteiger partial charge in [0.05, 0.1) is 14.2 Å². The third kappa shape index (κ3) is 4.14. The molecule has 6 nitrogen and oxygen atoms in total. The molecule has 140 valence electrons. The fraction of sp³-hybridized carbons (Fsp3) is 0.250. The van der Waals surface area contributed by atoms with Crippen LogP contribution in [0.5, 0.6) is 5.75 Å². The van der Waals surface area contributed by atoms with Gasteiger partial charge in [-0.05, 0) is 36.8 Å². The summed E-state index contributed by atoms with van der Waals surface area (Å²) < 4.78 is 12.2. The van der Waals surface area contributed by atoms with Crippen LogP contribution in [0.15, 0.2) is 59.8 Å². The van der Waals surface area contributed by atoms with E-state index < -0.39 is 5.25 Å². The highest BCUT2D eigenvalue weighted by atomic mass is 32.2. The number of methoxy groups -OCH3 is 2. The summed E-state index contributed by atoms with van der Waals surface area (Å²) in [5.41, 5.74) is 1.80. The first kappa shape index (κ1) is 19.0. The van der Waals surface area contributed by atoms with Crippen molar-refractivity contribution in [1.82, 2.24) is 14.8 Å². The lowest BCUT2D eigenvalue weighted by Gasteiger charge is -2.15. The van der Waals surface area contributed by atoms with Crippen LogP contribution in [0.3, 0.4) is 0 Å². The normalized spacial score (nSPS) is 11.8. The molecule has 0 bridgehead atoms. The lowest BCUT2D eigenvalue weighted by atomic mass is 10.1. The van der Waals surface area contributed by atoms with Crippen LogP contribution in [0.2, 0.25) is 0 Å². The Bertz CT molecular complexity index is 895. The van der Waals surface area contributed by atoms with Gasteiger partial charge < -0.3 is 14.0 Å². The predicted octanol–water partition coefficient (Wildman–Crippen LogP) is 3.98. The fourth-order valence-corrected chi connectivity index (χ4v) is 3.83. The molecule has 3 rings (SSSR count). The van der Waals surface area contributed by atoms with Crippen LogP contribution in [0.25, 0.3) is 11.4 Å². The number of benzene rings is 2. The molecule has 0 radical (unpaired) electrons. The highest BCUT2D eigenvalue weighted by Gasteiger charge is 2.26. The van der Waals surface area contributed by atoms with Gasteiger partial charge in [-0.25, -0.2) is 0 Å². The van der Waals surface area contributed by atoms with Gasteiger partial charge in [0.2, 0.25) is 0 Å². The average Bonchev–Trinajstić information content (AvgIpc) is 3.14. The predicted molar refractivity (Wildman–Crippen MR) is 105 cm³/mol. The summed E-state index contributed by atoms with van der Waals surface area (Å²) in [5, 5.41) is 8.83. The highest BCUT2D eigenvalue weighted by molar-refractivity contribution is 8.00. The van der Waals surface area contributed by atoms with Crippen molar-refractivity contribution in [3.05, 3.63) is 60.2 Å². The number of hydrogen-bond donors (Lipinski definition) is 0. The smallest absolute Gasteiger partial charge is 0.323 e. The van der Waals surface area contributed by atoms with Gasteiger partial charge in [-0.1, -0.05) is 42.1 Å². The van der Waals surface area contributed by atoms with Gasteiger partial charge in [0, 0.05) is 12.1 Å². The second-order valence-electron chi connectivity index (χ2n) is 5.71. The minimum Gasteiger partial charge on any atom is -0.497 e. The maximum Gasteiger partial charge on any atom is 0.323 e. The van der Waals surface area contributed by atoms with E-state index in [-0.39, 0.29) is 5.97 Å². The number of thioether (sulfide) groups is 1. The Labute approximate surface area is 162 Å². The number of carbonyl (C=O) groups is 1. The SMILES string of the molecule is CCn1c(SC(C(=O)OC)c2ccccc2)nnc1-c1ccc(OC)cc1. The Kier molecular flexibility index (Phi) is 6.13. The summed E-state index contributed by atoms with van der Waals surface area (Å²) in [6.45, 7) is 2.70. The summed E-state index contributed by atoms with van der Waals surface area (Å²) >= 11 is 1.34. The molecule has 2 aromatic carbocycles. The van der Waals surface area contributed by atoms with Crippen LogP contribution in [-0.2, 0) is 16.1 Å². The van der Waals surface area contributed by atoms with E-state index >= 15 is 0 Å². The zero-order valence-corrected chi connectivity index (χ0v) is 16.3. The number of aromatic nitrogens is 3. The van der Waals surface area contributed by atoms with Crippen molar-refractivity contribution in [2.75, 3.05) is 14.2 Å². The number of carbonyl (C=O) groups excluding carboxylic acids is 1. The Morgan fingerprint density at radius 3 is 2.37 bits per heavy atom. The maximum absolute atomic E-state index is 12.3. The molecule has 1 aromatic heterocycles. The van der Waals surface area contributed by atoms with Gasteiger partial charge in [0.1, 0.15) is 11.0 Å². The van der Waals surface area contributed by atoms with Crippen LogP contribution >= 0.6 is 11.8 Å². The zero-order chi connectivity index (χ0) is 19.2. The van der Waals surface area contributed by atoms with Gasteiger partial charge in [0.25, 0.3) is 0 Å². The number of nitrogens with zero attached hydrogens (tertiary/aromatic N) is 3. The van der Waals surface area contributed by atoms with Crippen molar-refractivity contribution in [3.63, 3.8) is 0 Å². The van der Waals surface area contributed by atoms with Crippen molar-refractivity contribution >= 4 is 17.7 Å². The van der Waals surface area contributed by atoms with E-state index in [2.05, 4.69) is 10.2 Å². The number of rotatable bonds is 7. The molecule has 0 fully saturated rings. The standard InChI is InChI=1S/C20H21N3O3S/c1-4-23-18(15-10-12-16(25-2)13-11-15)21-22-20(23)27-17(19(24)26-3)14-8-6-5-7-9-14/h5-13,17H,4H2,1-3H3. The van der Waals surface area contributed by atoms with Crippen LogP contribution in [0, 0.1) is 0 Å². The Hall–Kier alpha value is -2.80.